The smallest absolute Gasteiger partial charge is 0.339 e. The first kappa shape index (κ1) is 33.2. The van der Waals surface area contributed by atoms with Crippen LogP contribution in [0.1, 0.15) is 62.0 Å². The summed E-state index contributed by atoms with van der Waals surface area (Å²) in [5.41, 5.74) is 2.09. The van der Waals surface area contributed by atoms with E-state index in [4.69, 9.17) is 0 Å². The summed E-state index contributed by atoms with van der Waals surface area (Å²) in [6.07, 6.45) is -3.63. The quantitative estimate of drug-likeness (QED) is 0.146. The zero-order valence-corrected chi connectivity index (χ0v) is 27.2. The molecule has 1 unspecified atom stereocenters. The second-order valence-corrected chi connectivity index (χ2v) is 13.6. The summed E-state index contributed by atoms with van der Waals surface area (Å²) in [6, 6.07) is 21.9. The minimum Gasteiger partial charge on any atom is -0.339 e. The van der Waals surface area contributed by atoms with E-state index in [0.717, 1.165) is 17.7 Å². The summed E-state index contributed by atoms with van der Waals surface area (Å²) >= 11 is 1.35. The average Bonchev–Trinajstić information content (AvgIpc) is 3.46. The van der Waals surface area contributed by atoms with Gasteiger partial charge in [0, 0.05) is 49.0 Å². The van der Waals surface area contributed by atoms with Crippen molar-refractivity contribution >= 4 is 23.6 Å². The maximum atomic E-state index is 13.5. The van der Waals surface area contributed by atoms with Gasteiger partial charge in [-0.25, -0.2) is 0 Å². The van der Waals surface area contributed by atoms with E-state index in [9.17, 15) is 22.8 Å². The summed E-state index contributed by atoms with van der Waals surface area (Å²) in [5, 5.41) is 9.06. The van der Waals surface area contributed by atoms with Gasteiger partial charge in [0.25, 0.3) is 5.91 Å². The molecule has 0 bridgehead atoms. The molecule has 3 aromatic carbocycles. The molecule has 1 saturated heterocycles. The molecule has 46 heavy (non-hydrogen) atoms. The number of amides is 2. The van der Waals surface area contributed by atoms with Crippen LogP contribution in [0.5, 0.6) is 0 Å². The molecular weight excluding hydrogens is 611 g/mol. The number of carbonyl (C=O) groups is 2. The Balaban J connectivity index is 1.19. The van der Waals surface area contributed by atoms with Gasteiger partial charge in [-0.1, -0.05) is 81.1 Å². The van der Waals surface area contributed by atoms with E-state index >= 15 is 0 Å². The van der Waals surface area contributed by atoms with E-state index in [2.05, 4.69) is 31.0 Å². The molecular formula is C35H38F3N5O2S. The maximum Gasteiger partial charge on any atom is 0.416 e. The molecule has 1 fully saturated rings. The molecule has 1 aliphatic heterocycles. The molecule has 4 aromatic rings. The zero-order chi connectivity index (χ0) is 33.1. The lowest BCUT2D eigenvalue weighted by atomic mass is 9.86. The van der Waals surface area contributed by atoms with Crippen molar-refractivity contribution in [2.75, 3.05) is 25.4 Å². The van der Waals surface area contributed by atoms with Crippen LogP contribution < -0.4 is 0 Å². The van der Waals surface area contributed by atoms with Crippen molar-refractivity contribution in [1.82, 2.24) is 24.6 Å². The second kappa shape index (κ2) is 13.7. The van der Waals surface area contributed by atoms with Crippen LogP contribution in [0.15, 0.2) is 84.0 Å². The Bertz CT molecular complexity index is 1670. The monoisotopic (exact) mass is 649 g/mol. The molecule has 0 spiro atoms. The molecule has 2 heterocycles. The van der Waals surface area contributed by atoms with Crippen molar-refractivity contribution in [1.29, 1.82) is 0 Å². The minimum absolute atomic E-state index is 0.00471. The summed E-state index contributed by atoms with van der Waals surface area (Å²) in [7, 11) is 0. The van der Waals surface area contributed by atoms with E-state index in [0.29, 0.717) is 60.5 Å². The highest BCUT2D eigenvalue weighted by molar-refractivity contribution is 7.99. The number of thioether (sulfide) groups is 1. The van der Waals surface area contributed by atoms with Gasteiger partial charge < -0.3 is 9.80 Å². The second-order valence-electron chi connectivity index (χ2n) is 12.5. The Labute approximate surface area is 271 Å². The van der Waals surface area contributed by atoms with Crippen molar-refractivity contribution in [3.8, 4) is 17.1 Å². The first-order chi connectivity index (χ1) is 21.8. The Kier molecular flexibility index (Phi) is 9.91. The normalized spacial score (nSPS) is 15.7. The highest BCUT2D eigenvalue weighted by Crippen LogP contribution is 2.33. The van der Waals surface area contributed by atoms with E-state index in [-0.39, 0.29) is 23.3 Å². The van der Waals surface area contributed by atoms with E-state index in [1.54, 1.807) is 15.5 Å². The molecule has 11 heteroatoms. The Morgan fingerprint density at radius 3 is 2.26 bits per heavy atom. The first-order valence-corrected chi connectivity index (χ1v) is 16.3. The summed E-state index contributed by atoms with van der Waals surface area (Å²) in [4.78, 5) is 30.0. The van der Waals surface area contributed by atoms with Gasteiger partial charge >= 0.3 is 6.18 Å². The predicted octanol–water partition coefficient (Wildman–Crippen LogP) is 7.50. The summed E-state index contributed by atoms with van der Waals surface area (Å²) < 4.78 is 42.2. The highest BCUT2D eigenvalue weighted by atomic mass is 32.2. The SMILES string of the molecule is CC1CN(C(=O)CCCSc2nnc(-c3ccccc3)n2-c2cccc(C(F)(F)F)c2)CCN1C(=O)c1ccc(C(C)(C)C)cc1. The van der Waals surface area contributed by atoms with Crippen LogP contribution in [-0.2, 0) is 16.4 Å². The van der Waals surface area contributed by atoms with Crippen molar-refractivity contribution < 1.29 is 22.8 Å². The van der Waals surface area contributed by atoms with Gasteiger partial charge in [0.2, 0.25) is 5.91 Å². The predicted molar refractivity (Wildman–Crippen MR) is 174 cm³/mol. The molecule has 2 amide bonds. The number of rotatable bonds is 8. The van der Waals surface area contributed by atoms with Gasteiger partial charge in [-0.2, -0.15) is 13.2 Å². The van der Waals surface area contributed by atoms with E-state index < -0.39 is 11.7 Å². The number of benzene rings is 3. The molecule has 0 radical (unpaired) electrons. The van der Waals surface area contributed by atoms with Crippen molar-refractivity contribution in [2.24, 2.45) is 0 Å². The molecule has 1 atom stereocenters. The average molecular weight is 650 g/mol. The molecule has 0 aliphatic carbocycles. The third-order valence-corrected chi connectivity index (χ3v) is 9.12. The number of hydrogen-bond acceptors (Lipinski definition) is 5. The highest BCUT2D eigenvalue weighted by Gasteiger charge is 2.32. The zero-order valence-electron chi connectivity index (χ0n) is 26.4. The van der Waals surface area contributed by atoms with Crippen LogP contribution in [0.2, 0.25) is 0 Å². The van der Waals surface area contributed by atoms with Crippen LogP contribution in [0.4, 0.5) is 13.2 Å². The molecule has 1 aromatic heterocycles. The summed E-state index contributed by atoms with van der Waals surface area (Å²) in [6.45, 7) is 9.75. The van der Waals surface area contributed by atoms with Gasteiger partial charge in [-0.05, 0) is 54.7 Å². The fraction of sp³-hybridized carbons (Fsp3) is 0.371. The minimum atomic E-state index is -4.49. The van der Waals surface area contributed by atoms with Crippen LogP contribution in [0.25, 0.3) is 17.1 Å². The number of alkyl halides is 3. The Morgan fingerprint density at radius 2 is 1.61 bits per heavy atom. The van der Waals surface area contributed by atoms with E-state index in [1.165, 1.54) is 23.4 Å². The number of piperazine rings is 1. The molecule has 7 nitrogen and oxygen atoms in total. The molecule has 5 rings (SSSR count). The number of carbonyl (C=O) groups excluding carboxylic acids is 2. The van der Waals surface area contributed by atoms with Crippen molar-refractivity contribution in [2.45, 2.75) is 63.3 Å². The maximum absolute atomic E-state index is 13.5. The molecule has 242 valence electrons. The Morgan fingerprint density at radius 1 is 0.891 bits per heavy atom. The topological polar surface area (TPSA) is 71.3 Å². The Hall–Kier alpha value is -4.12. The van der Waals surface area contributed by atoms with Crippen molar-refractivity contribution in [3.63, 3.8) is 0 Å². The van der Waals surface area contributed by atoms with Crippen LogP contribution in [0, 0.1) is 0 Å². The van der Waals surface area contributed by atoms with Crippen LogP contribution >= 0.6 is 11.8 Å². The largest absolute Gasteiger partial charge is 0.416 e. The van der Waals surface area contributed by atoms with Gasteiger partial charge in [-0.15, -0.1) is 10.2 Å². The fourth-order valence-corrected chi connectivity index (χ4v) is 6.39. The first-order valence-electron chi connectivity index (χ1n) is 15.3. The van der Waals surface area contributed by atoms with Gasteiger partial charge in [0.1, 0.15) is 0 Å². The van der Waals surface area contributed by atoms with E-state index in [1.807, 2.05) is 66.4 Å². The van der Waals surface area contributed by atoms with Gasteiger partial charge in [-0.3, -0.25) is 14.2 Å². The number of aromatic nitrogens is 3. The van der Waals surface area contributed by atoms with Gasteiger partial charge in [0.05, 0.1) is 11.3 Å². The van der Waals surface area contributed by atoms with Crippen LogP contribution in [-0.4, -0.2) is 67.8 Å². The third-order valence-electron chi connectivity index (χ3n) is 8.10. The lowest BCUT2D eigenvalue weighted by molar-refractivity contribution is -0.137. The third kappa shape index (κ3) is 7.63. The fourth-order valence-electron chi connectivity index (χ4n) is 5.50. The van der Waals surface area contributed by atoms with Crippen LogP contribution in [0.3, 0.4) is 0 Å². The van der Waals surface area contributed by atoms with Gasteiger partial charge in [0.15, 0.2) is 11.0 Å². The van der Waals surface area contributed by atoms with Crippen molar-refractivity contribution in [3.05, 3.63) is 95.6 Å². The number of nitrogens with zero attached hydrogens (tertiary/aromatic N) is 5. The molecule has 1 aliphatic rings. The standard InChI is InChI=1S/C35H38F3N5O2S/c1-24-23-41(19-20-42(24)32(45)26-15-17-27(18-16-26)34(2,3)4)30(44)14-9-21-46-33-40-39-31(25-10-6-5-7-11-25)43(33)29-13-8-12-28(22-29)35(36,37)38/h5-8,10-13,15-18,22,24H,9,14,19-21,23H2,1-4H3. The number of halogens is 3. The molecule has 0 saturated carbocycles. The summed E-state index contributed by atoms with van der Waals surface area (Å²) in [5.74, 6) is 0.940. The lowest BCUT2D eigenvalue weighted by Gasteiger charge is -2.40. The lowest BCUT2D eigenvalue weighted by Crippen LogP contribution is -2.55. The number of hydrogen-bond donors (Lipinski definition) is 0. The molecule has 0 N–H and O–H groups in total.